The minimum absolute atomic E-state index is 0.105. The SMILES string of the molecule is Cc1cc(N)ccc1F.Cc1cc(NS(=O)(=O)c2cccc(Br)c2)ccc1F.O=S(=O)(Cl)c1cccc(Br)c1. The van der Waals surface area contributed by atoms with Gasteiger partial charge in [-0.1, -0.05) is 44.0 Å². The Bertz CT molecular complexity index is 1670. The van der Waals surface area contributed by atoms with E-state index >= 15 is 0 Å². The van der Waals surface area contributed by atoms with Gasteiger partial charge in [-0.15, -0.1) is 0 Å². The Labute approximate surface area is 247 Å². The van der Waals surface area contributed by atoms with Crippen LogP contribution in [0.25, 0.3) is 0 Å². The fourth-order valence-electron chi connectivity index (χ4n) is 2.84. The molecule has 39 heavy (non-hydrogen) atoms. The normalized spacial score (nSPS) is 10.9. The summed E-state index contributed by atoms with van der Waals surface area (Å²) in [7, 11) is -2.17. The van der Waals surface area contributed by atoms with Crippen molar-refractivity contribution in [1.82, 2.24) is 0 Å². The molecule has 6 nitrogen and oxygen atoms in total. The predicted octanol–water partition coefficient (Wildman–Crippen LogP) is 7.79. The van der Waals surface area contributed by atoms with Gasteiger partial charge in [0.1, 0.15) is 11.6 Å². The van der Waals surface area contributed by atoms with Crippen molar-refractivity contribution in [1.29, 1.82) is 0 Å². The molecule has 0 heterocycles. The molecule has 0 aliphatic rings. The lowest BCUT2D eigenvalue weighted by molar-refractivity contribution is 0.600. The van der Waals surface area contributed by atoms with Crippen LogP contribution >= 0.6 is 42.5 Å². The van der Waals surface area contributed by atoms with Crippen LogP contribution in [0.5, 0.6) is 0 Å². The summed E-state index contributed by atoms with van der Waals surface area (Å²) in [4.78, 5) is 0.248. The van der Waals surface area contributed by atoms with Crippen molar-refractivity contribution in [2.45, 2.75) is 23.6 Å². The van der Waals surface area contributed by atoms with Crippen molar-refractivity contribution in [2.24, 2.45) is 0 Å². The lowest BCUT2D eigenvalue weighted by atomic mass is 10.2. The van der Waals surface area contributed by atoms with E-state index in [1.54, 1.807) is 50.2 Å². The second-order valence-corrected chi connectivity index (χ2v) is 14.0. The number of nitrogen functional groups attached to an aromatic ring is 1. The van der Waals surface area contributed by atoms with Crippen molar-refractivity contribution in [2.75, 3.05) is 10.5 Å². The van der Waals surface area contributed by atoms with Crippen molar-refractivity contribution in [3.05, 3.63) is 117 Å². The maximum Gasteiger partial charge on any atom is 0.261 e. The molecule has 0 fully saturated rings. The van der Waals surface area contributed by atoms with Crippen LogP contribution in [0.15, 0.2) is 104 Å². The molecule has 0 saturated heterocycles. The predicted molar refractivity (Wildman–Crippen MR) is 159 cm³/mol. The first kappa shape index (κ1) is 32.7. The number of aryl methyl sites for hydroxylation is 2. The van der Waals surface area contributed by atoms with E-state index in [9.17, 15) is 25.6 Å². The summed E-state index contributed by atoms with van der Waals surface area (Å²) in [6.45, 7) is 3.26. The first-order valence-corrected chi connectivity index (χ1v) is 16.2. The molecular formula is C26H23Br2ClF2N2O4S2. The second kappa shape index (κ2) is 14.2. The average Bonchev–Trinajstić information content (AvgIpc) is 2.84. The zero-order valence-corrected chi connectivity index (χ0v) is 26.1. The highest BCUT2D eigenvalue weighted by Crippen LogP contribution is 2.21. The van der Waals surface area contributed by atoms with Gasteiger partial charge in [-0.25, -0.2) is 25.6 Å². The van der Waals surface area contributed by atoms with Crippen molar-refractivity contribution < 1.29 is 25.6 Å². The van der Waals surface area contributed by atoms with Gasteiger partial charge >= 0.3 is 0 Å². The molecule has 4 rings (SSSR count). The van der Waals surface area contributed by atoms with Crippen LogP contribution in [0.3, 0.4) is 0 Å². The highest BCUT2D eigenvalue weighted by molar-refractivity contribution is 9.10. The Kier molecular flexibility index (Phi) is 11.9. The Hall–Kier alpha value is -2.51. The number of halogens is 5. The first-order valence-electron chi connectivity index (χ1n) is 10.8. The molecule has 4 aromatic carbocycles. The molecule has 208 valence electrons. The van der Waals surface area contributed by atoms with Crippen LogP contribution < -0.4 is 10.5 Å². The summed E-state index contributed by atoms with van der Waals surface area (Å²) in [5, 5.41) is 0. The molecule has 0 aromatic heterocycles. The molecule has 0 aliphatic carbocycles. The average molecular weight is 725 g/mol. The van der Waals surface area contributed by atoms with Gasteiger partial charge in [-0.3, -0.25) is 4.72 Å². The van der Waals surface area contributed by atoms with Gasteiger partial charge in [0.05, 0.1) is 9.79 Å². The summed E-state index contributed by atoms with van der Waals surface area (Å²) in [6.07, 6.45) is 0. The number of nitrogens with two attached hydrogens (primary N) is 1. The molecule has 0 bridgehead atoms. The van der Waals surface area contributed by atoms with E-state index in [1.807, 2.05) is 0 Å². The lowest BCUT2D eigenvalue weighted by Gasteiger charge is -2.09. The van der Waals surface area contributed by atoms with Gasteiger partial charge < -0.3 is 5.73 Å². The first-order chi connectivity index (χ1) is 18.1. The molecule has 0 spiro atoms. The Morgan fingerprint density at radius 1 is 0.718 bits per heavy atom. The van der Waals surface area contributed by atoms with E-state index in [-0.39, 0.29) is 21.4 Å². The molecule has 0 unspecified atom stereocenters. The van der Waals surface area contributed by atoms with Crippen LogP contribution in [0.1, 0.15) is 11.1 Å². The van der Waals surface area contributed by atoms with Crippen molar-refractivity contribution >= 4 is 73.0 Å². The van der Waals surface area contributed by atoms with Crippen LogP contribution in [0.2, 0.25) is 0 Å². The number of sulfonamides is 1. The molecule has 0 saturated carbocycles. The van der Waals surface area contributed by atoms with Gasteiger partial charge in [0.25, 0.3) is 19.1 Å². The molecule has 0 radical (unpaired) electrons. The van der Waals surface area contributed by atoms with Crippen LogP contribution in [0, 0.1) is 25.5 Å². The monoisotopic (exact) mass is 722 g/mol. The van der Waals surface area contributed by atoms with Crippen molar-refractivity contribution in [3.63, 3.8) is 0 Å². The molecule has 0 aliphatic heterocycles. The van der Waals surface area contributed by atoms with Crippen LogP contribution in [0.4, 0.5) is 20.2 Å². The summed E-state index contributed by atoms with van der Waals surface area (Å²) >= 11 is 6.35. The summed E-state index contributed by atoms with van der Waals surface area (Å²) in [6, 6.07) is 21.2. The Balaban J connectivity index is 0.000000226. The minimum atomic E-state index is -3.67. The van der Waals surface area contributed by atoms with Gasteiger partial charge in [0.2, 0.25) is 0 Å². The Morgan fingerprint density at radius 3 is 1.64 bits per heavy atom. The third kappa shape index (κ3) is 10.9. The van der Waals surface area contributed by atoms with Crippen LogP contribution in [-0.2, 0) is 19.1 Å². The summed E-state index contributed by atoms with van der Waals surface area (Å²) < 4.78 is 75.1. The van der Waals surface area contributed by atoms with Gasteiger partial charge in [-0.05, 0) is 97.8 Å². The maximum atomic E-state index is 13.1. The fraction of sp³-hybridized carbons (Fsp3) is 0.0769. The fourth-order valence-corrected chi connectivity index (χ4v) is 5.84. The second-order valence-electron chi connectivity index (χ2n) is 7.93. The highest BCUT2D eigenvalue weighted by Gasteiger charge is 2.15. The minimum Gasteiger partial charge on any atom is -0.399 e. The number of anilines is 2. The molecular weight excluding hydrogens is 702 g/mol. The number of benzene rings is 4. The van der Waals surface area contributed by atoms with Crippen LogP contribution in [-0.4, -0.2) is 16.8 Å². The zero-order chi connectivity index (χ0) is 29.4. The Morgan fingerprint density at radius 2 is 1.21 bits per heavy atom. The molecule has 0 amide bonds. The molecule has 0 atom stereocenters. The number of hydrogen-bond acceptors (Lipinski definition) is 5. The van der Waals surface area contributed by atoms with Crippen molar-refractivity contribution in [3.8, 4) is 0 Å². The molecule has 4 aromatic rings. The summed E-state index contributed by atoms with van der Waals surface area (Å²) in [5.41, 5.74) is 7.27. The highest BCUT2D eigenvalue weighted by atomic mass is 79.9. The van der Waals surface area contributed by atoms with E-state index in [2.05, 4.69) is 36.6 Å². The van der Waals surface area contributed by atoms with E-state index in [4.69, 9.17) is 16.4 Å². The summed E-state index contributed by atoms with van der Waals surface area (Å²) in [5.74, 6) is -0.574. The molecule has 3 N–H and O–H groups in total. The van der Waals surface area contributed by atoms with E-state index < -0.39 is 19.1 Å². The number of nitrogens with one attached hydrogen (secondary N) is 1. The van der Waals surface area contributed by atoms with Gasteiger partial charge in [-0.2, -0.15) is 0 Å². The standard InChI is InChI=1S/C13H11BrFNO2S.C7H8FN.C6H4BrClO2S/c1-9-7-11(5-6-13(9)15)16-19(17,18)12-4-2-3-10(14)8-12;1-5-4-6(9)2-3-7(5)8;7-5-2-1-3-6(4-5)11(8,9)10/h2-8,16H,1H3;2-4H,9H2,1H3;1-4H. The third-order valence-electron chi connectivity index (χ3n) is 4.78. The zero-order valence-electron chi connectivity index (χ0n) is 20.5. The van der Waals surface area contributed by atoms with E-state index in [0.717, 1.165) is 0 Å². The number of rotatable bonds is 4. The maximum absolute atomic E-state index is 13.1. The molecule has 13 heteroatoms. The smallest absolute Gasteiger partial charge is 0.261 e. The quantitative estimate of drug-likeness (QED) is 0.165. The third-order valence-corrected chi connectivity index (χ3v) is 8.49. The van der Waals surface area contributed by atoms with E-state index in [0.29, 0.717) is 31.4 Å². The lowest BCUT2D eigenvalue weighted by Crippen LogP contribution is -2.13. The topological polar surface area (TPSA) is 106 Å². The van der Waals surface area contributed by atoms with Gasteiger partial charge in [0, 0.05) is 31.0 Å². The largest absolute Gasteiger partial charge is 0.399 e. The number of hydrogen-bond donors (Lipinski definition) is 2. The van der Waals surface area contributed by atoms with Gasteiger partial charge in [0.15, 0.2) is 0 Å². The van der Waals surface area contributed by atoms with E-state index in [1.165, 1.54) is 48.5 Å².